The van der Waals surface area contributed by atoms with Gasteiger partial charge in [0.2, 0.25) is 17.0 Å². The van der Waals surface area contributed by atoms with Gasteiger partial charge in [0.15, 0.2) is 30.6 Å². The van der Waals surface area contributed by atoms with Crippen LogP contribution >= 0.6 is 0 Å². The Bertz CT molecular complexity index is 2290. The number of carbonyl (C=O) groups excluding carboxylic acids is 3. The van der Waals surface area contributed by atoms with Gasteiger partial charge in [0.25, 0.3) is 5.79 Å². The molecule has 6 saturated heterocycles. The summed E-state index contributed by atoms with van der Waals surface area (Å²) in [6, 6.07) is 1.79. The summed E-state index contributed by atoms with van der Waals surface area (Å²) in [7, 11) is 2.93. The summed E-state index contributed by atoms with van der Waals surface area (Å²) in [5.74, 6) is -5.39. The zero-order chi connectivity index (χ0) is 45.1. The molecule has 11 unspecified atom stereocenters. The van der Waals surface area contributed by atoms with E-state index in [0.717, 1.165) is 0 Å². The summed E-state index contributed by atoms with van der Waals surface area (Å²) in [6.07, 6.45) is -11.9. The van der Waals surface area contributed by atoms with Crippen molar-refractivity contribution in [2.75, 3.05) is 20.8 Å². The number of ether oxygens (including phenoxy) is 13. The Morgan fingerprint density at radius 2 is 1.73 bits per heavy atom. The van der Waals surface area contributed by atoms with Crippen molar-refractivity contribution in [2.24, 2.45) is 5.92 Å². The fourth-order valence-electron chi connectivity index (χ4n) is 11.5. The van der Waals surface area contributed by atoms with Crippen molar-refractivity contribution in [3.05, 3.63) is 28.3 Å². The molecule has 17 atom stereocenters. The standard InChI is InChI=1S/C44H54O19/c1-16-11-23-30(34(48)32-31(35(23)52-10)25(12-24(46)33(32)47)58-28-14-40(8,50)17(2)18(3)54-28)36-29(16)37-38-44(60-36,41(15-53-41)43(61-37,62-38)21(6)51-9)59-27-13-26(57-22(7)45)42(19(4)55-27)20(5)56-39(49)63-42/h11,17-21,24-28,37-38,46,48,50H,12-15H2,1-10H3/t17?,18?,19?,20-,21-,24-,25-,26?,27?,28?,37?,38?,40?,41+,42?,43?,44+/m0/s1. The van der Waals surface area contributed by atoms with Crippen LogP contribution in [0.2, 0.25) is 0 Å². The Morgan fingerprint density at radius 3 is 2.35 bits per heavy atom. The van der Waals surface area contributed by atoms with Gasteiger partial charge < -0.3 is 76.9 Å². The molecule has 8 aliphatic rings. The van der Waals surface area contributed by atoms with Crippen LogP contribution in [0.4, 0.5) is 4.79 Å². The molecule has 7 heterocycles. The molecule has 19 heteroatoms. The number of Topliss-reactive ketones (excluding diaryl/α,β-unsaturated/α-hetero) is 1. The first-order chi connectivity index (χ1) is 29.7. The molecule has 0 amide bonds. The number of aryl methyl sites for hydroxylation is 1. The maximum atomic E-state index is 14.1. The number of carbonyl (C=O) groups is 3. The third-order valence-electron chi connectivity index (χ3n) is 15.1. The number of aliphatic hydroxyl groups excluding tert-OH is 1. The van der Waals surface area contributed by atoms with Gasteiger partial charge in [-0.15, -0.1) is 0 Å². The van der Waals surface area contributed by atoms with Gasteiger partial charge in [-0.1, -0.05) is 6.92 Å². The predicted octanol–water partition coefficient (Wildman–Crippen LogP) is 3.83. The number of cyclic esters (lactones) is 1. The number of aliphatic hydroxyl groups is 2. The average Bonchev–Trinajstić information content (AvgIpc) is 3.76. The van der Waals surface area contributed by atoms with E-state index >= 15 is 0 Å². The van der Waals surface area contributed by atoms with Crippen LogP contribution in [0.15, 0.2) is 6.07 Å². The second-order valence-electron chi connectivity index (χ2n) is 18.5. The first-order valence-electron chi connectivity index (χ1n) is 21.5. The molecule has 2 spiro atoms. The summed E-state index contributed by atoms with van der Waals surface area (Å²) in [4.78, 5) is 39.2. The lowest BCUT2D eigenvalue weighted by Crippen LogP contribution is -2.72. The van der Waals surface area contributed by atoms with Gasteiger partial charge in [-0.25, -0.2) is 4.79 Å². The normalized spacial score (nSPS) is 44.8. The largest absolute Gasteiger partial charge is 0.509 e. The quantitative estimate of drug-likeness (QED) is 0.252. The van der Waals surface area contributed by atoms with E-state index < -0.39 is 113 Å². The topological polar surface area (TPSA) is 235 Å². The van der Waals surface area contributed by atoms with Crippen molar-refractivity contribution in [3.8, 4) is 17.2 Å². The van der Waals surface area contributed by atoms with Crippen molar-refractivity contribution in [1.82, 2.24) is 0 Å². The molecule has 344 valence electrons. The maximum Gasteiger partial charge on any atom is 0.509 e. The van der Waals surface area contributed by atoms with E-state index in [1.807, 2.05) is 20.8 Å². The molecule has 7 aliphatic heterocycles. The third-order valence-corrected chi connectivity index (χ3v) is 15.1. The number of hydrogen-bond acceptors (Lipinski definition) is 19. The van der Waals surface area contributed by atoms with Crippen LogP contribution in [0.3, 0.4) is 0 Å². The second kappa shape index (κ2) is 14.1. The summed E-state index contributed by atoms with van der Waals surface area (Å²) < 4.78 is 82.3. The minimum atomic E-state index is -1.92. The van der Waals surface area contributed by atoms with Crippen LogP contribution in [0.5, 0.6) is 17.2 Å². The SMILES string of the molecule is COc1c2c(c(O)c3c4c(c(C)cc13)C1OC3([C@H](C)OC)OC1[C@@](OC1CC(OC(C)=O)C5(OC(=O)O[C@H]5C)C(C)O1)(O4)[C@@]31CO1)C(=O)[C@@H](O)C[C@@H]2OC1CC(C)(O)C(C)C(C)O1. The summed E-state index contributed by atoms with van der Waals surface area (Å²) in [5, 5.41) is 35.4. The zero-order valence-corrected chi connectivity index (χ0v) is 36.7. The Kier molecular flexibility index (Phi) is 9.60. The van der Waals surface area contributed by atoms with Crippen LogP contribution in [-0.4, -0.2) is 138 Å². The Balaban J connectivity index is 1.12. The van der Waals surface area contributed by atoms with E-state index in [0.29, 0.717) is 16.5 Å². The van der Waals surface area contributed by atoms with Crippen LogP contribution in [0.25, 0.3) is 10.8 Å². The number of hydrogen-bond donors (Lipinski definition) is 3. The Morgan fingerprint density at radius 1 is 1.00 bits per heavy atom. The smallest absolute Gasteiger partial charge is 0.506 e. The molecule has 2 aromatic carbocycles. The number of fused-ring (bicyclic) bond motifs is 8. The number of phenols is 1. The summed E-state index contributed by atoms with van der Waals surface area (Å²) in [6.45, 7) is 13.6. The monoisotopic (exact) mass is 886 g/mol. The number of epoxide rings is 1. The number of rotatable bonds is 8. The third kappa shape index (κ3) is 5.58. The van der Waals surface area contributed by atoms with Crippen molar-refractivity contribution < 1.29 is 91.3 Å². The van der Waals surface area contributed by atoms with Gasteiger partial charge in [0.05, 0.1) is 42.5 Å². The molecule has 1 aliphatic carbocycles. The first kappa shape index (κ1) is 43.0. The first-order valence-corrected chi connectivity index (χ1v) is 21.5. The number of ketones is 1. The van der Waals surface area contributed by atoms with Crippen molar-refractivity contribution in [1.29, 1.82) is 0 Å². The van der Waals surface area contributed by atoms with Crippen LogP contribution in [-0.2, 0) is 56.9 Å². The van der Waals surface area contributed by atoms with Crippen molar-refractivity contribution in [3.63, 3.8) is 0 Å². The number of methoxy groups -OCH3 is 2. The van der Waals surface area contributed by atoms with E-state index in [1.54, 1.807) is 33.8 Å². The van der Waals surface area contributed by atoms with Crippen LogP contribution < -0.4 is 9.47 Å². The molecule has 0 aromatic heterocycles. The number of benzene rings is 2. The predicted molar refractivity (Wildman–Crippen MR) is 210 cm³/mol. The minimum Gasteiger partial charge on any atom is -0.506 e. The van der Waals surface area contributed by atoms with Gasteiger partial charge in [-0.05, 0) is 53.2 Å². The number of esters is 1. The zero-order valence-electron chi connectivity index (χ0n) is 36.7. The summed E-state index contributed by atoms with van der Waals surface area (Å²) in [5.41, 5.74) is -3.08. The van der Waals surface area contributed by atoms with Gasteiger partial charge in [-0.3, -0.25) is 9.59 Å². The highest BCUT2D eigenvalue weighted by molar-refractivity contribution is 6.13. The number of phenolic OH excluding ortho intramolecular Hbond substituents is 1. The van der Waals surface area contributed by atoms with Gasteiger partial charge in [0.1, 0.15) is 47.8 Å². The van der Waals surface area contributed by atoms with E-state index in [-0.39, 0.29) is 65.9 Å². The Hall–Kier alpha value is -3.89. The molecular weight excluding hydrogens is 832 g/mol. The van der Waals surface area contributed by atoms with Crippen LogP contribution in [0, 0.1) is 12.8 Å². The maximum absolute atomic E-state index is 14.1. The van der Waals surface area contributed by atoms with E-state index in [9.17, 15) is 29.7 Å². The van der Waals surface area contributed by atoms with Gasteiger partial charge in [-0.2, -0.15) is 0 Å². The van der Waals surface area contributed by atoms with Crippen molar-refractivity contribution in [2.45, 2.75) is 171 Å². The highest BCUT2D eigenvalue weighted by Crippen LogP contribution is 2.72. The van der Waals surface area contributed by atoms with Gasteiger partial charge >= 0.3 is 12.1 Å². The lowest BCUT2D eigenvalue weighted by Gasteiger charge is -2.52. The number of aromatic hydroxyl groups is 1. The molecule has 10 rings (SSSR count). The lowest BCUT2D eigenvalue weighted by atomic mass is 9.76. The molecular formula is C44H54O19. The summed E-state index contributed by atoms with van der Waals surface area (Å²) >= 11 is 0. The van der Waals surface area contributed by atoms with Gasteiger partial charge in [0, 0.05) is 55.7 Å². The highest BCUT2D eigenvalue weighted by Gasteiger charge is 2.93. The molecule has 19 nitrogen and oxygen atoms in total. The van der Waals surface area contributed by atoms with E-state index in [2.05, 4.69) is 0 Å². The molecule has 0 saturated carbocycles. The molecule has 0 radical (unpaired) electrons. The molecule has 63 heavy (non-hydrogen) atoms. The average molecular weight is 887 g/mol. The Labute approximate surface area is 362 Å². The van der Waals surface area contributed by atoms with Crippen LogP contribution in [0.1, 0.15) is 107 Å². The fraction of sp³-hybridized carbons (Fsp3) is 0.705. The molecule has 6 fully saturated rings. The highest BCUT2D eigenvalue weighted by atomic mass is 16.9. The second-order valence-corrected chi connectivity index (χ2v) is 18.5. The molecule has 2 bridgehead atoms. The molecule has 2 aromatic rings. The minimum absolute atomic E-state index is 0.00694. The lowest BCUT2D eigenvalue weighted by molar-refractivity contribution is -0.377. The molecule has 3 N–H and O–H groups in total. The fourth-order valence-corrected chi connectivity index (χ4v) is 11.5. The van der Waals surface area contributed by atoms with E-state index in [1.165, 1.54) is 21.1 Å². The van der Waals surface area contributed by atoms with E-state index in [4.69, 9.17) is 61.6 Å². The van der Waals surface area contributed by atoms with Crippen molar-refractivity contribution >= 4 is 28.7 Å².